The number of nitrogens with one attached hydrogen (secondary N) is 1. The van der Waals surface area contributed by atoms with Crippen LogP contribution in [0.5, 0.6) is 0 Å². The van der Waals surface area contributed by atoms with Crippen molar-refractivity contribution < 1.29 is 0 Å². The first-order valence-electron chi connectivity index (χ1n) is 6.81. The highest BCUT2D eigenvalue weighted by molar-refractivity contribution is 5.38. The standard InChI is InChI=1S/C14H24N4/c1-5-14(2,3)18(4)13-10-15-8-12(17-13)9-16-11-6-7-11/h8,10-11,16H,5-7,9H2,1-4H3. The van der Waals surface area contributed by atoms with E-state index in [9.17, 15) is 0 Å². The summed E-state index contributed by atoms with van der Waals surface area (Å²) in [4.78, 5) is 11.2. The molecular weight excluding hydrogens is 224 g/mol. The number of aromatic nitrogens is 2. The third kappa shape index (κ3) is 3.19. The first-order chi connectivity index (χ1) is 8.53. The Hall–Kier alpha value is -1.16. The van der Waals surface area contributed by atoms with E-state index in [2.05, 4.69) is 48.0 Å². The maximum atomic E-state index is 4.69. The number of rotatable bonds is 6. The van der Waals surface area contributed by atoms with Crippen LogP contribution in [0.3, 0.4) is 0 Å². The lowest BCUT2D eigenvalue weighted by atomic mass is 10.0. The Labute approximate surface area is 110 Å². The second-order valence-electron chi connectivity index (χ2n) is 5.75. The van der Waals surface area contributed by atoms with E-state index in [0.29, 0.717) is 6.04 Å². The Morgan fingerprint density at radius 2 is 2.11 bits per heavy atom. The molecule has 0 saturated heterocycles. The molecule has 18 heavy (non-hydrogen) atoms. The van der Waals surface area contributed by atoms with E-state index in [1.807, 2.05) is 12.4 Å². The van der Waals surface area contributed by atoms with Crippen molar-refractivity contribution in [3.8, 4) is 0 Å². The first kappa shape index (κ1) is 13.3. The van der Waals surface area contributed by atoms with E-state index in [1.165, 1.54) is 12.8 Å². The molecule has 0 aliphatic heterocycles. The summed E-state index contributed by atoms with van der Waals surface area (Å²) >= 11 is 0. The normalized spacial score (nSPS) is 15.8. The van der Waals surface area contributed by atoms with Gasteiger partial charge in [0.2, 0.25) is 0 Å². The van der Waals surface area contributed by atoms with E-state index in [1.54, 1.807) is 0 Å². The zero-order valence-corrected chi connectivity index (χ0v) is 11.9. The van der Waals surface area contributed by atoms with Crippen LogP contribution in [0.2, 0.25) is 0 Å². The summed E-state index contributed by atoms with van der Waals surface area (Å²) in [5.74, 6) is 0.956. The lowest BCUT2D eigenvalue weighted by Gasteiger charge is -2.35. The molecule has 1 aliphatic carbocycles. The maximum Gasteiger partial charge on any atom is 0.147 e. The minimum absolute atomic E-state index is 0.108. The topological polar surface area (TPSA) is 41.1 Å². The monoisotopic (exact) mass is 248 g/mol. The minimum Gasteiger partial charge on any atom is -0.353 e. The SMILES string of the molecule is CCC(C)(C)N(C)c1cncc(CNC2CC2)n1. The van der Waals surface area contributed by atoms with Gasteiger partial charge in [-0.05, 0) is 33.1 Å². The largest absolute Gasteiger partial charge is 0.353 e. The molecule has 0 amide bonds. The number of hydrogen-bond donors (Lipinski definition) is 1. The highest BCUT2D eigenvalue weighted by Crippen LogP contribution is 2.23. The summed E-state index contributed by atoms with van der Waals surface area (Å²) in [6.07, 6.45) is 7.38. The third-order valence-corrected chi connectivity index (χ3v) is 3.94. The lowest BCUT2D eigenvalue weighted by Crippen LogP contribution is -2.41. The molecule has 1 aromatic rings. The van der Waals surface area contributed by atoms with E-state index in [-0.39, 0.29) is 5.54 Å². The number of hydrogen-bond acceptors (Lipinski definition) is 4. The molecule has 0 bridgehead atoms. The molecule has 1 saturated carbocycles. The van der Waals surface area contributed by atoms with Crippen LogP contribution in [0, 0.1) is 0 Å². The fraction of sp³-hybridized carbons (Fsp3) is 0.714. The Bertz CT molecular complexity index is 399. The molecule has 0 atom stereocenters. The molecule has 1 heterocycles. The molecule has 1 aliphatic rings. The summed E-state index contributed by atoms with van der Waals surface area (Å²) in [5.41, 5.74) is 1.13. The van der Waals surface area contributed by atoms with Crippen LogP contribution in [0.1, 0.15) is 45.7 Å². The highest BCUT2D eigenvalue weighted by Gasteiger charge is 2.23. The fourth-order valence-electron chi connectivity index (χ4n) is 1.73. The fourth-order valence-corrected chi connectivity index (χ4v) is 1.73. The van der Waals surface area contributed by atoms with E-state index >= 15 is 0 Å². The van der Waals surface area contributed by atoms with Gasteiger partial charge in [0.15, 0.2) is 0 Å². The molecule has 0 aromatic carbocycles. The molecule has 2 rings (SSSR count). The molecular formula is C14H24N4. The maximum absolute atomic E-state index is 4.69. The van der Waals surface area contributed by atoms with Crippen LogP contribution in [-0.2, 0) is 6.54 Å². The van der Waals surface area contributed by atoms with Crippen LogP contribution >= 0.6 is 0 Å². The van der Waals surface area contributed by atoms with Crippen molar-refractivity contribution in [2.75, 3.05) is 11.9 Å². The van der Waals surface area contributed by atoms with Crippen molar-refractivity contribution in [3.05, 3.63) is 18.1 Å². The molecule has 0 spiro atoms. The average molecular weight is 248 g/mol. The van der Waals surface area contributed by atoms with Gasteiger partial charge in [-0.1, -0.05) is 6.92 Å². The van der Waals surface area contributed by atoms with Gasteiger partial charge in [-0.3, -0.25) is 4.98 Å². The van der Waals surface area contributed by atoms with Crippen molar-refractivity contribution in [1.82, 2.24) is 15.3 Å². The molecule has 4 heteroatoms. The molecule has 0 unspecified atom stereocenters. The van der Waals surface area contributed by atoms with Crippen LogP contribution in [0.4, 0.5) is 5.82 Å². The van der Waals surface area contributed by atoms with Gasteiger partial charge in [0, 0.05) is 31.4 Å². The van der Waals surface area contributed by atoms with Crippen LogP contribution < -0.4 is 10.2 Å². The van der Waals surface area contributed by atoms with Gasteiger partial charge in [-0.15, -0.1) is 0 Å². The summed E-state index contributed by atoms with van der Waals surface area (Å²) in [7, 11) is 2.09. The van der Waals surface area contributed by atoms with Crippen LogP contribution in [-0.4, -0.2) is 28.6 Å². The summed E-state index contributed by atoms with van der Waals surface area (Å²) in [6.45, 7) is 7.47. The highest BCUT2D eigenvalue weighted by atomic mass is 15.2. The minimum atomic E-state index is 0.108. The Kier molecular flexibility index (Phi) is 3.85. The number of nitrogens with zero attached hydrogens (tertiary/aromatic N) is 3. The van der Waals surface area contributed by atoms with Gasteiger partial charge < -0.3 is 10.2 Å². The van der Waals surface area contributed by atoms with Gasteiger partial charge in [0.1, 0.15) is 5.82 Å². The smallest absolute Gasteiger partial charge is 0.147 e. The second-order valence-corrected chi connectivity index (χ2v) is 5.75. The van der Waals surface area contributed by atoms with Gasteiger partial charge in [0.05, 0.1) is 11.9 Å². The van der Waals surface area contributed by atoms with Gasteiger partial charge >= 0.3 is 0 Å². The first-order valence-corrected chi connectivity index (χ1v) is 6.81. The van der Waals surface area contributed by atoms with Gasteiger partial charge in [0.25, 0.3) is 0 Å². The van der Waals surface area contributed by atoms with Crippen molar-refractivity contribution in [1.29, 1.82) is 0 Å². The zero-order chi connectivity index (χ0) is 13.2. The molecule has 100 valence electrons. The second kappa shape index (κ2) is 5.22. The molecule has 4 nitrogen and oxygen atoms in total. The summed E-state index contributed by atoms with van der Waals surface area (Å²) in [6, 6.07) is 0.709. The molecule has 1 fully saturated rings. The predicted molar refractivity (Wildman–Crippen MR) is 74.7 cm³/mol. The van der Waals surface area contributed by atoms with Crippen molar-refractivity contribution >= 4 is 5.82 Å². The molecule has 1 N–H and O–H groups in total. The van der Waals surface area contributed by atoms with E-state index < -0.39 is 0 Å². The number of anilines is 1. The van der Waals surface area contributed by atoms with Crippen LogP contribution in [0.25, 0.3) is 0 Å². The van der Waals surface area contributed by atoms with Crippen molar-refractivity contribution in [3.63, 3.8) is 0 Å². The van der Waals surface area contributed by atoms with E-state index in [0.717, 1.165) is 24.5 Å². The summed E-state index contributed by atoms with van der Waals surface area (Å²) < 4.78 is 0. The van der Waals surface area contributed by atoms with E-state index in [4.69, 9.17) is 0 Å². The van der Waals surface area contributed by atoms with Crippen LogP contribution in [0.15, 0.2) is 12.4 Å². The Morgan fingerprint density at radius 3 is 2.72 bits per heavy atom. The van der Waals surface area contributed by atoms with Gasteiger partial charge in [-0.25, -0.2) is 4.98 Å². The quantitative estimate of drug-likeness (QED) is 0.839. The lowest BCUT2D eigenvalue weighted by molar-refractivity contribution is 0.466. The molecule has 0 radical (unpaired) electrons. The zero-order valence-electron chi connectivity index (χ0n) is 11.9. The van der Waals surface area contributed by atoms with Crippen molar-refractivity contribution in [2.24, 2.45) is 0 Å². The van der Waals surface area contributed by atoms with Gasteiger partial charge in [-0.2, -0.15) is 0 Å². The molecule has 1 aromatic heterocycles. The third-order valence-electron chi connectivity index (χ3n) is 3.94. The Morgan fingerprint density at radius 1 is 1.39 bits per heavy atom. The Balaban J connectivity index is 2.05. The average Bonchev–Trinajstić information content (AvgIpc) is 3.20. The predicted octanol–water partition coefficient (Wildman–Crippen LogP) is 2.35. The summed E-state index contributed by atoms with van der Waals surface area (Å²) in [5, 5.41) is 3.47. The van der Waals surface area contributed by atoms with Crippen molar-refractivity contribution in [2.45, 2.75) is 58.2 Å².